The van der Waals surface area contributed by atoms with Gasteiger partial charge in [-0.1, -0.05) is 30.0 Å². The zero-order valence-electron chi connectivity index (χ0n) is 12.8. The number of rotatable bonds is 6. The molecule has 0 spiro atoms. The minimum absolute atomic E-state index is 0.0379. The van der Waals surface area contributed by atoms with Crippen LogP contribution in [0.1, 0.15) is 15.9 Å². The molecule has 9 heteroatoms. The Kier molecular flexibility index (Phi) is 6.27. The number of amides is 2. The summed E-state index contributed by atoms with van der Waals surface area (Å²) in [5.74, 6) is -1.58. The molecule has 0 aromatic heterocycles. The number of thiocarbonyl (C=S) groups is 1. The average molecular weight is 370 g/mol. The van der Waals surface area contributed by atoms with Gasteiger partial charge in [-0.25, -0.2) is 9.18 Å². The normalized spacial score (nSPS) is 14.0. The van der Waals surface area contributed by atoms with Crippen LogP contribution in [-0.2, 0) is 14.3 Å². The monoisotopic (exact) mass is 370 g/mol. The molecule has 0 aliphatic carbocycles. The van der Waals surface area contributed by atoms with Crippen molar-refractivity contribution in [3.63, 3.8) is 0 Å². The second-order valence-electron chi connectivity index (χ2n) is 4.99. The molecule has 0 radical (unpaired) electrons. The maximum Gasteiger partial charge on any atom is 0.338 e. The number of nitrogens with zero attached hydrogens (tertiary/aromatic N) is 1. The maximum absolute atomic E-state index is 13.4. The number of benzene rings is 1. The van der Waals surface area contributed by atoms with Crippen LogP contribution < -0.4 is 5.32 Å². The third kappa shape index (κ3) is 4.75. The van der Waals surface area contributed by atoms with Gasteiger partial charge in [0.15, 0.2) is 6.61 Å². The molecule has 0 bridgehead atoms. The zero-order chi connectivity index (χ0) is 17.7. The minimum Gasteiger partial charge on any atom is -0.452 e. The zero-order valence-corrected chi connectivity index (χ0v) is 14.5. The number of nitrogens with one attached hydrogen (secondary N) is 1. The maximum atomic E-state index is 13.4. The largest absolute Gasteiger partial charge is 0.452 e. The molecule has 128 valence electrons. The first-order valence-electron chi connectivity index (χ1n) is 7.05. The molecule has 1 N–H and O–H groups in total. The lowest BCUT2D eigenvalue weighted by Crippen LogP contribution is -2.38. The van der Waals surface area contributed by atoms with Crippen LogP contribution in [0.2, 0.25) is 0 Å². The smallest absolute Gasteiger partial charge is 0.338 e. The topological polar surface area (TPSA) is 75.7 Å². The van der Waals surface area contributed by atoms with Gasteiger partial charge in [-0.05, 0) is 24.6 Å². The van der Waals surface area contributed by atoms with Crippen molar-refractivity contribution in [1.82, 2.24) is 10.2 Å². The van der Waals surface area contributed by atoms with Crippen molar-refractivity contribution < 1.29 is 23.5 Å². The van der Waals surface area contributed by atoms with Crippen molar-refractivity contribution in [2.24, 2.45) is 0 Å². The Labute approximate surface area is 147 Å². The highest BCUT2D eigenvalue weighted by atomic mass is 32.2. The number of thioether (sulfide) groups is 1. The standard InChI is InChI=1S/C15H15FN2O4S2/c1-9-2-3-10(6-11(9)16)14(21)22-7-12(19)17-4-5-18-13(20)8-24-15(18)23/h2-3,6H,4-5,7-8H2,1H3,(H,17,19). The van der Waals surface area contributed by atoms with Crippen LogP contribution in [0, 0.1) is 12.7 Å². The van der Waals surface area contributed by atoms with Crippen molar-refractivity contribution >= 4 is 46.1 Å². The van der Waals surface area contributed by atoms with Crippen LogP contribution in [0.25, 0.3) is 0 Å². The summed E-state index contributed by atoms with van der Waals surface area (Å²) in [6.45, 7) is 1.56. The molecule has 1 heterocycles. The van der Waals surface area contributed by atoms with Crippen molar-refractivity contribution in [3.8, 4) is 0 Å². The van der Waals surface area contributed by atoms with Crippen molar-refractivity contribution in [2.75, 3.05) is 25.4 Å². The fourth-order valence-electron chi connectivity index (χ4n) is 1.89. The summed E-state index contributed by atoms with van der Waals surface area (Å²) in [4.78, 5) is 36.3. The molecule has 24 heavy (non-hydrogen) atoms. The van der Waals surface area contributed by atoms with E-state index < -0.39 is 24.3 Å². The van der Waals surface area contributed by atoms with Gasteiger partial charge in [-0.15, -0.1) is 0 Å². The fourth-order valence-corrected chi connectivity index (χ4v) is 3.01. The highest BCUT2D eigenvalue weighted by Gasteiger charge is 2.25. The van der Waals surface area contributed by atoms with Gasteiger partial charge in [0.1, 0.15) is 10.1 Å². The molecule has 0 saturated carbocycles. The van der Waals surface area contributed by atoms with Crippen molar-refractivity contribution in [1.29, 1.82) is 0 Å². The first-order chi connectivity index (χ1) is 11.4. The lowest BCUT2D eigenvalue weighted by Gasteiger charge is -2.15. The summed E-state index contributed by atoms with van der Waals surface area (Å²) >= 11 is 6.29. The van der Waals surface area contributed by atoms with E-state index in [1.165, 1.54) is 28.8 Å². The number of esters is 1. The Balaban J connectivity index is 1.72. The lowest BCUT2D eigenvalue weighted by molar-refractivity contribution is -0.126. The first kappa shape index (κ1) is 18.3. The number of carbonyl (C=O) groups excluding carboxylic acids is 3. The predicted octanol–water partition coefficient (Wildman–Crippen LogP) is 1.27. The van der Waals surface area contributed by atoms with Crippen molar-refractivity contribution in [2.45, 2.75) is 6.92 Å². The van der Waals surface area contributed by atoms with E-state index in [1.807, 2.05) is 0 Å². The van der Waals surface area contributed by atoms with Gasteiger partial charge in [-0.3, -0.25) is 14.5 Å². The van der Waals surface area contributed by atoms with Gasteiger partial charge < -0.3 is 10.1 Å². The number of aryl methyl sites for hydroxylation is 1. The van der Waals surface area contributed by atoms with Gasteiger partial charge in [0.2, 0.25) is 5.91 Å². The van der Waals surface area contributed by atoms with Crippen LogP contribution in [0.3, 0.4) is 0 Å². The van der Waals surface area contributed by atoms with E-state index in [4.69, 9.17) is 17.0 Å². The van der Waals surface area contributed by atoms with E-state index in [-0.39, 0.29) is 24.6 Å². The van der Waals surface area contributed by atoms with Crippen molar-refractivity contribution in [3.05, 3.63) is 35.1 Å². The molecule has 2 rings (SSSR count). The summed E-state index contributed by atoms with van der Waals surface area (Å²) in [6, 6.07) is 3.95. The Hall–Kier alpha value is -2.00. The SMILES string of the molecule is Cc1ccc(C(=O)OCC(=O)NCCN2C(=O)CSC2=S)cc1F. The molecule has 1 saturated heterocycles. The minimum atomic E-state index is -0.781. The van der Waals surface area contributed by atoms with E-state index in [0.717, 1.165) is 6.07 Å². The lowest BCUT2D eigenvalue weighted by atomic mass is 10.1. The highest BCUT2D eigenvalue weighted by molar-refractivity contribution is 8.23. The molecule has 1 aliphatic heterocycles. The quantitative estimate of drug-likeness (QED) is 0.600. The second-order valence-corrected chi connectivity index (χ2v) is 6.60. The van der Waals surface area contributed by atoms with Crippen LogP contribution in [0.5, 0.6) is 0 Å². The highest BCUT2D eigenvalue weighted by Crippen LogP contribution is 2.18. The van der Waals surface area contributed by atoms with E-state index in [1.54, 1.807) is 6.92 Å². The third-order valence-electron chi connectivity index (χ3n) is 3.24. The number of halogens is 1. The van der Waals surface area contributed by atoms with Gasteiger partial charge in [0, 0.05) is 13.1 Å². The number of ether oxygens (including phenoxy) is 1. The summed E-state index contributed by atoms with van der Waals surface area (Å²) in [7, 11) is 0. The van der Waals surface area contributed by atoms with E-state index in [0.29, 0.717) is 15.6 Å². The molecule has 1 aliphatic rings. The number of hydrogen-bond donors (Lipinski definition) is 1. The molecule has 1 aromatic rings. The summed E-state index contributed by atoms with van der Waals surface area (Å²) < 4.78 is 18.7. The Morgan fingerprint density at radius 2 is 2.21 bits per heavy atom. The Bertz CT molecular complexity index is 680. The van der Waals surface area contributed by atoms with Gasteiger partial charge >= 0.3 is 5.97 Å². The Morgan fingerprint density at radius 1 is 1.46 bits per heavy atom. The van der Waals surface area contributed by atoms with E-state index in [2.05, 4.69) is 5.32 Å². The molecule has 0 atom stereocenters. The number of hydrogen-bond acceptors (Lipinski definition) is 6. The fraction of sp³-hybridized carbons (Fsp3) is 0.333. The Morgan fingerprint density at radius 3 is 2.83 bits per heavy atom. The van der Waals surface area contributed by atoms with Crippen LogP contribution in [-0.4, -0.2) is 52.5 Å². The molecular formula is C15H15FN2O4S2. The van der Waals surface area contributed by atoms with E-state index >= 15 is 0 Å². The van der Waals surface area contributed by atoms with E-state index in [9.17, 15) is 18.8 Å². The van der Waals surface area contributed by atoms with Gasteiger partial charge in [-0.2, -0.15) is 0 Å². The third-order valence-corrected chi connectivity index (χ3v) is 4.67. The molecule has 2 amide bonds. The molecule has 0 unspecified atom stereocenters. The summed E-state index contributed by atoms with van der Waals surface area (Å²) in [6.07, 6.45) is 0. The van der Waals surface area contributed by atoms with Crippen LogP contribution in [0.4, 0.5) is 4.39 Å². The van der Waals surface area contributed by atoms with Gasteiger partial charge in [0.25, 0.3) is 5.91 Å². The number of carbonyl (C=O) groups is 3. The molecule has 6 nitrogen and oxygen atoms in total. The van der Waals surface area contributed by atoms with Crippen LogP contribution in [0.15, 0.2) is 18.2 Å². The predicted molar refractivity (Wildman–Crippen MR) is 91.2 cm³/mol. The first-order valence-corrected chi connectivity index (χ1v) is 8.45. The van der Waals surface area contributed by atoms with Crippen LogP contribution >= 0.6 is 24.0 Å². The molecular weight excluding hydrogens is 355 g/mol. The van der Waals surface area contributed by atoms with Gasteiger partial charge in [0.05, 0.1) is 11.3 Å². The summed E-state index contributed by atoms with van der Waals surface area (Å²) in [5, 5.41) is 2.52. The second kappa shape index (κ2) is 8.20. The average Bonchev–Trinajstić information content (AvgIpc) is 2.87. The summed E-state index contributed by atoms with van der Waals surface area (Å²) in [5.41, 5.74) is 0.452. The molecule has 1 aromatic carbocycles. The molecule has 1 fully saturated rings.